The predicted octanol–water partition coefficient (Wildman–Crippen LogP) is 4.47. The minimum Gasteiger partial charge on any atom is -0.383 e. The number of carbonyl (C=O) groups excluding carboxylic acids is 2. The van der Waals surface area contributed by atoms with Crippen LogP contribution in [-0.2, 0) is 27.4 Å². The van der Waals surface area contributed by atoms with Crippen LogP contribution in [0.1, 0.15) is 42.5 Å². The number of thiophene rings is 1. The van der Waals surface area contributed by atoms with Crippen LogP contribution in [0.4, 0.5) is 4.39 Å². The first-order valence-electron chi connectivity index (χ1n) is 10.9. The summed E-state index contributed by atoms with van der Waals surface area (Å²) < 4.78 is 18.5. The zero-order chi connectivity index (χ0) is 22.1. The van der Waals surface area contributed by atoms with Crippen LogP contribution in [0.15, 0.2) is 41.8 Å². The number of nitrogens with zero attached hydrogens (tertiary/aromatic N) is 2. The first kappa shape index (κ1) is 23.4. The van der Waals surface area contributed by atoms with Gasteiger partial charge in [-0.1, -0.05) is 37.5 Å². The lowest BCUT2D eigenvalue weighted by Gasteiger charge is -2.31. The molecule has 0 aliphatic heterocycles. The number of carbonyl (C=O) groups is 2. The summed E-state index contributed by atoms with van der Waals surface area (Å²) in [7, 11) is 1.60. The molecule has 0 spiro atoms. The van der Waals surface area contributed by atoms with E-state index < -0.39 is 0 Å². The maximum Gasteiger partial charge on any atom is 0.242 e. The van der Waals surface area contributed by atoms with Gasteiger partial charge in [-0.2, -0.15) is 0 Å². The quantitative estimate of drug-likeness (QED) is 0.541. The third-order valence-electron chi connectivity index (χ3n) is 5.72. The fourth-order valence-electron chi connectivity index (χ4n) is 3.97. The molecule has 1 fully saturated rings. The molecular weight excluding hydrogens is 415 g/mol. The zero-order valence-electron chi connectivity index (χ0n) is 18.1. The highest BCUT2D eigenvalue weighted by Gasteiger charge is 2.28. The normalized spacial score (nSPS) is 14.4. The van der Waals surface area contributed by atoms with E-state index in [1.54, 1.807) is 40.4 Å². The molecule has 0 radical (unpaired) electrons. The zero-order valence-corrected chi connectivity index (χ0v) is 18.9. The lowest BCUT2D eigenvalue weighted by molar-refractivity contribution is -0.144. The van der Waals surface area contributed by atoms with Gasteiger partial charge in [-0.3, -0.25) is 9.59 Å². The minimum atomic E-state index is -0.302. The molecule has 1 saturated carbocycles. The van der Waals surface area contributed by atoms with Crippen molar-refractivity contribution in [2.24, 2.45) is 5.92 Å². The molecule has 0 saturated heterocycles. The Balaban J connectivity index is 1.72. The summed E-state index contributed by atoms with van der Waals surface area (Å²) in [5.41, 5.74) is 0.855. The molecule has 3 rings (SSSR count). The van der Waals surface area contributed by atoms with Gasteiger partial charge in [0.15, 0.2) is 0 Å². The number of ether oxygens (including phenoxy) is 1. The molecule has 1 aromatic carbocycles. The van der Waals surface area contributed by atoms with E-state index in [4.69, 9.17) is 4.74 Å². The van der Waals surface area contributed by atoms with E-state index in [-0.39, 0.29) is 30.1 Å². The second-order valence-corrected chi connectivity index (χ2v) is 9.08. The number of benzene rings is 1. The maximum absolute atomic E-state index is 13.3. The molecule has 1 aliphatic rings. The monoisotopic (exact) mass is 446 g/mol. The Hall–Kier alpha value is -2.25. The molecular formula is C24H31FN2O3S. The number of hydrogen-bond acceptors (Lipinski definition) is 4. The van der Waals surface area contributed by atoms with E-state index in [2.05, 4.69) is 0 Å². The molecule has 1 heterocycles. The molecule has 2 amide bonds. The van der Waals surface area contributed by atoms with Crippen LogP contribution in [0.3, 0.4) is 0 Å². The molecule has 0 atom stereocenters. The molecule has 1 aliphatic carbocycles. The maximum atomic E-state index is 13.3. The van der Waals surface area contributed by atoms with E-state index in [1.807, 2.05) is 17.5 Å². The smallest absolute Gasteiger partial charge is 0.242 e. The molecule has 5 nitrogen and oxygen atoms in total. The average molecular weight is 447 g/mol. The summed E-state index contributed by atoms with van der Waals surface area (Å²) in [6.07, 6.45) is 5.10. The van der Waals surface area contributed by atoms with Crippen molar-refractivity contribution in [3.63, 3.8) is 0 Å². The Labute approximate surface area is 187 Å². The van der Waals surface area contributed by atoms with Crippen LogP contribution >= 0.6 is 11.3 Å². The van der Waals surface area contributed by atoms with Gasteiger partial charge in [0.25, 0.3) is 0 Å². The highest BCUT2D eigenvalue weighted by atomic mass is 32.1. The summed E-state index contributed by atoms with van der Waals surface area (Å²) >= 11 is 1.59. The number of methoxy groups -OCH3 is 1. The van der Waals surface area contributed by atoms with E-state index in [1.165, 1.54) is 18.6 Å². The van der Waals surface area contributed by atoms with Gasteiger partial charge in [-0.15, -0.1) is 11.3 Å². The fraction of sp³-hybridized carbons (Fsp3) is 0.500. The Morgan fingerprint density at radius 3 is 2.45 bits per heavy atom. The van der Waals surface area contributed by atoms with Gasteiger partial charge >= 0.3 is 0 Å². The van der Waals surface area contributed by atoms with E-state index in [0.717, 1.165) is 36.1 Å². The molecule has 0 bridgehead atoms. The van der Waals surface area contributed by atoms with Gasteiger partial charge in [-0.05, 0) is 42.0 Å². The van der Waals surface area contributed by atoms with Gasteiger partial charge < -0.3 is 14.5 Å². The van der Waals surface area contributed by atoms with Crippen molar-refractivity contribution in [2.75, 3.05) is 26.8 Å². The topological polar surface area (TPSA) is 49.9 Å². The molecule has 0 unspecified atom stereocenters. The predicted molar refractivity (Wildman–Crippen MR) is 120 cm³/mol. The van der Waals surface area contributed by atoms with E-state index in [0.29, 0.717) is 26.2 Å². The van der Waals surface area contributed by atoms with Crippen LogP contribution in [0.2, 0.25) is 0 Å². The Morgan fingerprint density at radius 1 is 1.06 bits per heavy atom. The fourth-order valence-corrected chi connectivity index (χ4v) is 4.69. The van der Waals surface area contributed by atoms with Crippen molar-refractivity contribution in [1.29, 1.82) is 0 Å². The van der Waals surface area contributed by atoms with Crippen LogP contribution in [0.25, 0.3) is 0 Å². The minimum absolute atomic E-state index is 0.00116. The van der Waals surface area contributed by atoms with Crippen LogP contribution in [0, 0.1) is 11.7 Å². The summed E-state index contributed by atoms with van der Waals surface area (Å²) in [5, 5.41) is 1.98. The summed E-state index contributed by atoms with van der Waals surface area (Å²) in [6, 6.07) is 10.1. The van der Waals surface area contributed by atoms with Gasteiger partial charge in [0.05, 0.1) is 19.7 Å². The summed E-state index contributed by atoms with van der Waals surface area (Å²) in [5.74, 6) is -0.356. The lowest BCUT2D eigenvalue weighted by atomic mass is 9.88. The third-order valence-corrected chi connectivity index (χ3v) is 6.58. The van der Waals surface area contributed by atoms with E-state index in [9.17, 15) is 14.0 Å². The van der Waals surface area contributed by atoms with Gasteiger partial charge in [0, 0.05) is 31.0 Å². The van der Waals surface area contributed by atoms with Crippen molar-refractivity contribution in [3.8, 4) is 0 Å². The first-order valence-corrected chi connectivity index (χ1v) is 11.8. The summed E-state index contributed by atoms with van der Waals surface area (Å²) in [6.45, 7) is 1.66. The standard InChI is InChI=1S/C24H31FN2O3S/c1-30-14-13-26(24(29)20-6-3-2-4-7-20)18-23(28)27(17-22-8-5-15-31-22)16-19-9-11-21(25)12-10-19/h5,8-12,15,20H,2-4,6-7,13-14,16-18H2,1H3. The second-order valence-electron chi connectivity index (χ2n) is 8.04. The number of amides is 2. The van der Waals surface area contributed by atoms with Crippen LogP contribution < -0.4 is 0 Å². The molecule has 31 heavy (non-hydrogen) atoms. The number of hydrogen-bond donors (Lipinski definition) is 0. The highest BCUT2D eigenvalue weighted by molar-refractivity contribution is 7.09. The van der Waals surface area contributed by atoms with Crippen molar-refractivity contribution in [3.05, 3.63) is 58.0 Å². The summed E-state index contributed by atoms with van der Waals surface area (Å²) in [4.78, 5) is 30.9. The molecule has 2 aromatic rings. The second kappa shape index (κ2) is 12.0. The largest absolute Gasteiger partial charge is 0.383 e. The Morgan fingerprint density at radius 2 is 1.81 bits per heavy atom. The number of rotatable bonds is 10. The first-order chi connectivity index (χ1) is 15.1. The van der Waals surface area contributed by atoms with Crippen molar-refractivity contribution >= 4 is 23.2 Å². The average Bonchev–Trinajstić information content (AvgIpc) is 3.31. The van der Waals surface area contributed by atoms with Crippen molar-refractivity contribution < 1.29 is 18.7 Å². The SMILES string of the molecule is COCCN(CC(=O)N(Cc1ccc(F)cc1)Cc1cccs1)C(=O)C1CCCCC1. The Bertz CT molecular complexity index is 820. The van der Waals surface area contributed by atoms with Gasteiger partial charge in [0.2, 0.25) is 11.8 Å². The third kappa shape index (κ3) is 7.14. The lowest BCUT2D eigenvalue weighted by Crippen LogP contribution is -2.46. The van der Waals surface area contributed by atoms with Crippen LogP contribution in [-0.4, -0.2) is 48.4 Å². The molecule has 168 valence electrons. The Kier molecular flexibility index (Phi) is 9.03. The van der Waals surface area contributed by atoms with Gasteiger partial charge in [0.1, 0.15) is 5.82 Å². The highest BCUT2D eigenvalue weighted by Crippen LogP contribution is 2.25. The van der Waals surface area contributed by atoms with Crippen molar-refractivity contribution in [1.82, 2.24) is 9.80 Å². The molecule has 0 N–H and O–H groups in total. The molecule has 7 heteroatoms. The number of halogens is 1. The van der Waals surface area contributed by atoms with Crippen molar-refractivity contribution in [2.45, 2.75) is 45.2 Å². The van der Waals surface area contributed by atoms with Crippen LogP contribution in [0.5, 0.6) is 0 Å². The molecule has 1 aromatic heterocycles. The van der Waals surface area contributed by atoms with Gasteiger partial charge in [-0.25, -0.2) is 4.39 Å². The van der Waals surface area contributed by atoms with E-state index >= 15 is 0 Å².